The molecule has 2 rings (SSSR count). The molecule has 1 aliphatic rings. The van der Waals surface area contributed by atoms with E-state index in [1.54, 1.807) is 0 Å². The van der Waals surface area contributed by atoms with Gasteiger partial charge in [0.25, 0.3) is 0 Å². The molecule has 4 heteroatoms. The maximum absolute atomic E-state index is 10.8. The Hall–Kier alpha value is -0.900. The van der Waals surface area contributed by atoms with E-state index >= 15 is 0 Å². The van der Waals surface area contributed by atoms with E-state index in [2.05, 4.69) is 11.9 Å². The van der Waals surface area contributed by atoms with Gasteiger partial charge >= 0.3 is 5.97 Å². The van der Waals surface area contributed by atoms with Gasteiger partial charge in [-0.3, -0.25) is 0 Å². The van der Waals surface area contributed by atoms with Crippen molar-refractivity contribution in [3.8, 4) is 0 Å². The predicted octanol–water partition coefficient (Wildman–Crippen LogP) is 2.75. The second kappa shape index (κ2) is 4.31. The first-order chi connectivity index (χ1) is 7.20. The Morgan fingerprint density at radius 3 is 3.13 bits per heavy atom. The molecule has 1 N–H and O–H groups in total. The van der Waals surface area contributed by atoms with Crippen LogP contribution < -0.4 is 0 Å². The zero-order valence-corrected chi connectivity index (χ0v) is 9.64. The predicted molar refractivity (Wildman–Crippen MR) is 59.5 cm³/mol. The van der Waals surface area contributed by atoms with Crippen LogP contribution in [-0.2, 0) is 12.8 Å². The van der Waals surface area contributed by atoms with E-state index in [4.69, 9.17) is 5.11 Å². The maximum atomic E-state index is 10.8. The van der Waals surface area contributed by atoms with Crippen molar-refractivity contribution < 1.29 is 9.90 Å². The van der Waals surface area contributed by atoms with Crippen LogP contribution in [0.25, 0.3) is 0 Å². The van der Waals surface area contributed by atoms with E-state index in [9.17, 15) is 4.79 Å². The summed E-state index contributed by atoms with van der Waals surface area (Å²) in [5.41, 5.74) is 1.03. The summed E-state index contributed by atoms with van der Waals surface area (Å²) in [6.07, 6.45) is 5.63. The summed E-state index contributed by atoms with van der Waals surface area (Å²) in [6.45, 7) is 2.20. The molecule has 0 aliphatic heterocycles. The van der Waals surface area contributed by atoms with Crippen LogP contribution in [0.3, 0.4) is 0 Å². The molecule has 0 saturated heterocycles. The summed E-state index contributed by atoms with van der Waals surface area (Å²) in [4.78, 5) is 16.1. The highest BCUT2D eigenvalue weighted by atomic mass is 32.1. The average molecular weight is 225 g/mol. The minimum absolute atomic E-state index is 0.261. The number of rotatable bonds is 3. The minimum Gasteiger partial charge on any atom is -0.476 e. The number of carboxylic acid groups (broad SMARTS) is 1. The number of carbonyl (C=O) groups is 1. The molecule has 0 saturated carbocycles. The molecule has 0 aromatic carbocycles. The second-order valence-corrected chi connectivity index (χ2v) is 5.18. The topological polar surface area (TPSA) is 50.2 Å². The van der Waals surface area contributed by atoms with Gasteiger partial charge in [-0.25, -0.2) is 9.78 Å². The SMILES string of the molecule is CCCC1CCc2nc(C(=O)O)sc2C1. The standard InChI is InChI=1S/C11H15NO2S/c1-2-3-7-4-5-8-9(6-7)15-10(12-8)11(13)14/h7H,2-6H2,1H3,(H,13,14). The lowest BCUT2D eigenvalue weighted by molar-refractivity contribution is 0.0696. The van der Waals surface area contributed by atoms with E-state index in [0.29, 0.717) is 0 Å². The normalized spacial score (nSPS) is 19.9. The average Bonchev–Trinajstić information content (AvgIpc) is 2.61. The van der Waals surface area contributed by atoms with Crippen molar-refractivity contribution in [2.45, 2.75) is 39.0 Å². The Balaban J connectivity index is 2.15. The second-order valence-electron chi connectivity index (χ2n) is 4.09. The van der Waals surface area contributed by atoms with Gasteiger partial charge in [-0.05, 0) is 25.2 Å². The van der Waals surface area contributed by atoms with Gasteiger partial charge in [0.15, 0.2) is 0 Å². The van der Waals surface area contributed by atoms with Crippen molar-refractivity contribution in [2.75, 3.05) is 0 Å². The molecule has 1 unspecified atom stereocenters. The van der Waals surface area contributed by atoms with Crippen LogP contribution in [0.4, 0.5) is 0 Å². The third-order valence-corrected chi connectivity index (χ3v) is 4.03. The molecular formula is C11H15NO2S. The van der Waals surface area contributed by atoms with Gasteiger partial charge in [-0.2, -0.15) is 0 Å². The molecule has 82 valence electrons. The Morgan fingerprint density at radius 2 is 2.47 bits per heavy atom. The number of hydrogen-bond acceptors (Lipinski definition) is 3. The summed E-state index contributed by atoms with van der Waals surface area (Å²) in [6, 6.07) is 0. The fourth-order valence-electron chi connectivity index (χ4n) is 2.19. The molecule has 1 heterocycles. The Kier molecular flexibility index (Phi) is 3.05. The number of nitrogens with zero attached hydrogens (tertiary/aromatic N) is 1. The summed E-state index contributed by atoms with van der Waals surface area (Å²) < 4.78 is 0. The number of carboxylic acids is 1. The lowest BCUT2D eigenvalue weighted by Crippen LogP contribution is -2.12. The zero-order chi connectivity index (χ0) is 10.8. The number of hydrogen-bond donors (Lipinski definition) is 1. The van der Waals surface area contributed by atoms with Crippen molar-refractivity contribution >= 4 is 17.3 Å². The van der Waals surface area contributed by atoms with Gasteiger partial charge in [0.2, 0.25) is 5.01 Å². The van der Waals surface area contributed by atoms with Crippen LogP contribution in [0.5, 0.6) is 0 Å². The van der Waals surface area contributed by atoms with Gasteiger partial charge < -0.3 is 5.11 Å². The van der Waals surface area contributed by atoms with Crippen molar-refractivity contribution in [3.63, 3.8) is 0 Å². The lowest BCUT2D eigenvalue weighted by atomic mass is 9.88. The highest BCUT2D eigenvalue weighted by Gasteiger charge is 2.23. The quantitative estimate of drug-likeness (QED) is 0.860. The molecule has 1 aliphatic carbocycles. The first kappa shape index (κ1) is 10.6. The highest BCUT2D eigenvalue weighted by Crippen LogP contribution is 2.31. The lowest BCUT2D eigenvalue weighted by Gasteiger charge is -2.20. The van der Waals surface area contributed by atoms with Crippen LogP contribution in [0.2, 0.25) is 0 Å². The van der Waals surface area contributed by atoms with E-state index < -0.39 is 5.97 Å². The molecule has 0 amide bonds. The molecular weight excluding hydrogens is 210 g/mol. The molecule has 3 nitrogen and oxygen atoms in total. The van der Waals surface area contributed by atoms with E-state index in [-0.39, 0.29) is 5.01 Å². The van der Waals surface area contributed by atoms with E-state index in [0.717, 1.165) is 24.5 Å². The molecule has 0 fully saturated rings. The third kappa shape index (κ3) is 2.20. The fourth-order valence-corrected chi connectivity index (χ4v) is 3.25. The van der Waals surface area contributed by atoms with Crippen LogP contribution in [0.15, 0.2) is 0 Å². The fraction of sp³-hybridized carbons (Fsp3) is 0.636. The monoisotopic (exact) mass is 225 g/mol. The third-order valence-electron chi connectivity index (χ3n) is 2.92. The Bertz CT molecular complexity index is 373. The van der Waals surface area contributed by atoms with Gasteiger partial charge in [0.05, 0.1) is 5.69 Å². The first-order valence-electron chi connectivity index (χ1n) is 5.42. The number of aryl methyl sites for hydroxylation is 1. The first-order valence-corrected chi connectivity index (χ1v) is 6.24. The molecule has 15 heavy (non-hydrogen) atoms. The highest BCUT2D eigenvalue weighted by molar-refractivity contribution is 7.13. The molecule has 0 bridgehead atoms. The summed E-state index contributed by atoms with van der Waals surface area (Å²) in [5.74, 6) is -0.147. The van der Waals surface area contributed by atoms with E-state index in [1.807, 2.05) is 0 Å². The number of thiazole rings is 1. The summed E-state index contributed by atoms with van der Waals surface area (Å²) in [7, 11) is 0. The van der Waals surface area contributed by atoms with Crippen molar-refractivity contribution in [2.24, 2.45) is 5.92 Å². The van der Waals surface area contributed by atoms with Gasteiger partial charge in [0.1, 0.15) is 0 Å². The molecule has 0 spiro atoms. The van der Waals surface area contributed by atoms with E-state index in [1.165, 1.54) is 35.5 Å². The van der Waals surface area contributed by atoms with Crippen LogP contribution in [0, 0.1) is 5.92 Å². The Labute approximate surface area is 93.2 Å². The van der Waals surface area contributed by atoms with Gasteiger partial charge in [-0.15, -0.1) is 11.3 Å². The van der Waals surface area contributed by atoms with Crippen LogP contribution in [-0.4, -0.2) is 16.1 Å². The molecule has 0 radical (unpaired) electrons. The molecule has 1 aromatic heterocycles. The number of fused-ring (bicyclic) bond motifs is 1. The maximum Gasteiger partial charge on any atom is 0.365 e. The smallest absolute Gasteiger partial charge is 0.365 e. The molecule has 1 aromatic rings. The van der Waals surface area contributed by atoms with Crippen LogP contribution in [0.1, 0.15) is 46.6 Å². The molecule has 1 atom stereocenters. The number of aromatic carboxylic acids is 1. The van der Waals surface area contributed by atoms with Crippen molar-refractivity contribution in [1.29, 1.82) is 0 Å². The van der Waals surface area contributed by atoms with Crippen molar-refractivity contribution in [1.82, 2.24) is 4.98 Å². The summed E-state index contributed by atoms with van der Waals surface area (Å²) >= 11 is 1.36. The Morgan fingerprint density at radius 1 is 1.67 bits per heavy atom. The zero-order valence-electron chi connectivity index (χ0n) is 8.82. The van der Waals surface area contributed by atoms with Gasteiger partial charge in [-0.1, -0.05) is 19.8 Å². The van der Waals surface area contributed by atoms with Crippen LogP contribution >= 0.6 is 11.3 Å². The largest absolute Gasteiger partial charge is 0.476 e. The minimum atomic E-state index is -0.888. The van der Waals surface area contributed by atoms with Crippen molar-refractivity contribution in [3.05, 3.63) is 15.6 Å². The van der Waals surface area contributed by atoms with Gasteiger partial charge in [0, 0.05) is 4.88 Å². The summed E-state index contributed by atoms with van der Waals surface area (Å²) in [5, 5.41) is 9.11. The number of aromatic nitrogens is 1.